The molecule has 2 unspecified atom stereocenters. The lowest BCUT2D eigenvalue weighted by atomic mass is 10.1. The molecular weight excluding hydrogens is 452 g/mol. The number of fused-ring (bicyclic) bond motifs is 1. The molecule has 3 aromatic rings. The first kappa shape index (κ1) is 24.3. The number of carbonyl (C=O) groups excluding carboxylic acids is 1. The molecule has 1 fully saturated rings. The van der Waals surface area contributed by atoms with Crippen LogP contribution in [0.15, 0.2) is 12.3 Å². The summed E-state index contributed by atoms with van der Waals surface area (Å²) in [5.74, 6) is 0.950. The predicted octanol–water partition coefficient (Wildman–Crippen LogP) is 4.09. The first-order valence-corrected chi connectivity index (χ1v) is 12.4. The zero-order valence-electron chi connectivity index (χ0n) is 20.3. The van der Waals surface area contributed by atoms with Gasteiger partial charge in [-0.05, 0) is 65.9 Å². The summed E-state index contributed by atoms with van der Waals surface area (Å²) >= 11 is 1.58. The van der Waals surface area contributed by atoms with Crippen molar-refractivity contribution in [2.24, 2.45) is 5.92 Å². The fraction of sp³-hybridized carbons (Fsp3) is 0.542. The summed E-state index contributed by atoms with van der Waals surface area (Å²) < 4.78 is 6.44. The summed E-state index contributed by atoms with van der Waals surface area (Å²) in [6.45, 7) is 9.53. The molecule has 3 aromatic heterocycles. The highest BCUT2D eigenvalue weighted by molar-refractivity contribution is 7.21. The molecule has 3 N–H and O–H groups in total. The first-order valence-electron chi connectivity index (χ1n) is 11.6. The quantitative estimate of drug-likeness (QED) is 0.426. The van der Waals surface area contributed by atoms with Crippen LogP contribution in [0.4, 0.5) is 11.8 Å². The normalized spacial score (nSPS) is 18.3. The number of esters is 1. The number of rotatable bonds is 7. The van der Waals surface area contributed by atoms with Crippen LogP contribution in [0.2, 0.25) is 0 Å². The summed E-state index contributed by atoms with van der Waals surface area (Å²) in [7, 11) is 0. The molecule has 0 saturated heterocycles. The zero-order chi connectivity index (χ0) is 24.5. The van der Waals surface area contributed by atoms with Crippen molar-refractivity contribution in [3.8, 4) is 10.6 Å². The average Bonchev–Trinajstić information content (AvgIpc) is 3.38. The number of thiazole rings is 1. The molecule has 182 valence electrons. The standard InChI is InChI=1S/C24H32N6O3S/c1-13-19(22-29-20-14(2)25-9-8-17(20)34-22)21(28-16-7-6-15(10-16)12-31)30-23(27-13)26-11-18(32)33-24(3,4)5/h8-9,15-16,31H,6-7,10-12H2,1-5H3,(H2,26,27,28,30). The number of hydrogen-bond acceptors (Lipinski definition) is 10. The Bertz CT molecular complexity index is 1190. The van der Waals surface area contributed by atoms with Crippen molar-refractivity contribution in [1.82, 2.24) is 19.9 Å². The van der Waals surface area contributed by atoms with E-state index in [-0.39, 0.29) is 25.2 Å². The molecule has 10 heteroatoms. The van der Waals surface area contributed by atoms with Crippen LogP contribution in [0, 0.1) is 19.8 Å². The molecule has 3 heterocycles. The van der Waals surface area contributed by atoms with Crippen LogP contribution in [0.25, 0.3) is 20.8 Å². The van der Waals surface area contributed by atoms with Crippen LogP contribution >= 0.6 is 11.3 Å². The fourth-order valence-electron chi connectivity index (χ4n) is 4.20. The van der Waals surface area contributed by atoms with E-state index in [4.69, 9.17) is 14.7 Å². The maximum absolute atomic E-state index is 12.2. The largest absolute Gasteiger partial charge is 0.459 e. The lowest BCUT2D eigenvalue weighted by Gasteiger charge is -2.20. The molecule has 0 aromatic carbocycles. The Labute approximate surface area is 203 Å². The summed E-state index contributed by atoms with van der Waals surface area (Å²) in [4.78, 5) is 30.7. The maximum atomic E-state index is 12.2. The van der Waals surface area contributed by atoms with E-state index in [1.807, 2.05) is 40.7 Å². The van der Waals surface area contributed by atoms with Crippen LogP contribution in [-0.4, -0.2) is 55.8 Å². The molecule has 34 heavy (non-hydrogen) atoms. The average molecular weight is 485 g/mol. The van der Waals surface area contributed by atoms with Crippen molar-refractivity contribution >= 4 is 39.3 Å². The molecule has 4 rings (SSSR count). The van der Waals surface area contributed by atoms with E-state index in [0.717, 1.165) is 51.4 Å². The van der Waals surface area contributed by atoms with Gasteiger partial charge in [0, 0.05) is 18.8 Å². The van der Waals surface area contributed by atoms with Gasteiger partial charge < -0.3 is 20.5 Å². The van der Waals surface area contributed by atoms with E-state index in [0.29, 0.717) is 17.7 Å². The molecule has 0 radical (unpaired) electrons. The molecule has 0 amide bonds. The number of aliphatic hydroxyl groups is 1. The summed E-state index contributed by atoms with van der Waals surface area (Å²) in [6.07, 6.45) is 4.60. The van der Waals surface area contributed by atoms with Gasteiger partial charge in [-0.2, -0.15) is 4.98 Å². The summed E-state index contributed by atoms with van der Waals surface area (Å²) in [6, 6.07) is 2.16. The van der Waals surface area contributed by atoms with Crippen LogP contribution in [-0.2, 0) is 9.53 Å². The van der Waals surface area contributed by atoms with Crippen LogP contribution in [0.1, 0.15) is 51.4 Å². The topological polar surface area (TPSA) is 122 Å². The SMILES string of the molecule is Cc1nc(NCC(=O)OC(C)(C)C)nc(NC2CCC(CO)C2)c1-c1nc2c(C)nccc2s1. The number of aromatic nitrogens is 4. The third-order valence-corrected chi connectivity index (χ3v) is 6.78. The third-order valence-electron chi connectivity index (χ3n) is 5.75. The van der Waals surface area contributed by atoms with Gasteiger partial charge in [0.05, 0.1) is 21.7 Å². The molecule has 0 aliphatic heterocycles. The predicted molar refractivity (Wildman–Crippen MR) is 134 cm³/mol. The number of nitrogens with zero attached hydrogens (tertiary/aromatic N) is 4. The van der Waals surface area contributed by atoms with Crippen molar-refractivity contribution in [2.75, 3.05) is 23.8 Å². The van der Waals surface area contributed by atoms with Crippen molar-refractivity contribution in [2.45, 2.75) is 65.5 Å². The van der Waals surface area contributed by atoms with E-state index in [1.165, 1.54) is 0 Å². The number of carbonyl (C=O) groups is 1. The van der Waals surface area contributed by atoms with Crippen molar-refractivity contribution in [3.05, 3.63) is 23.7 Å². The molecular formula is C24H32N6O3S. The Morgan fingerprint density at radius 3 is 2.68 bits per heavy atom. The van der Waals surface area contributed by atoms with Crippen LogP contribution in [0.3, 0.4) is 0 Å². The van der Waals surface area contributed by atoms with E-state index in [1.54, 1.807) is 17.5 Å². The second kappa shape index (κ2) is 9.79. The zero-order valence-corrected chi connectivity index (χ0v) is 21.1. The molecule has 0 bridgehead atoms. The second-order valence-corrected chi connectivity index (χ2v) is 10.8. The van der Waals surface area contributed by atoms with E-state index < -0.39 is 5.60 Å². The summed E-state index contributed by atoms with van der Waals surface area (Å²) in [5, 5.41) is 17.0. The maximum Gasteiger partial charge on any atom is 0.325 e. The van der Waals surface area contributed by atoms with Gasteiger partial charge in [-0.1, -0.05) is 0 Å². The minimum atomic E-state index is -0.558. The molecule has 0 spiro atoms. The van der Waals surface area contributed by atoms with Gasteiger partial charge in [-0.25, -0.2) is 9.97 Å². The Kier molecular flexibility index (Phi) is 6.99. The number of pyridine rings is 1. The number of anilines is 2. The van der Waals surface area contributed by atoms with E-state index in [9.17, 15) is 9.90 Å². The summed E-state index contributed by atoms with van der Waals surface area (Å²) in [5.41, 5.74) is 2.80. The number of hydrogen-bond donors (Lipinski definition) is 3. The highest BCUT2D eigenvalue weighted by atomic mass is 32.1. The van der Waals surface area contributed by atoms with Gasteiger partial charge in [0.1, 0.15) is 28.5 Å². The number of nitrogens with one attached hydrogen (secondary N) is 2. The minimum absolute atomic E-state index is 0.0302. The van der Waals surface area contributed by atoms with Gasteiger partial charge in [-0.15, -0.1) is 11.3 Å². The van der Waals surface area contributed by atoms with Gasteiger partial charge >= 0.3 is 5.97 Å². The fourth-order valence-corrected chi connectivity index (χ4v) is 5.31. The van der Waals surface area contributed by atoms with Gasteiger partial charge in [0.15, 0.2) is 0 Å². The Morgan fingerprint density at radius 2 is 2.00 bits per heavy atom. The highest BCUT2D eigenvalue weighted by Crippen LogP contribution is 2.38. The van der Waals surface area contributed by atoms with Crippen molar-refractivity contribution in [3.63, 3.8) is 0 Å². The van der Waals surface area contributed by atoms with Crippen molar-refractivity contribution < 1.29 is 14.6 Å². The molecule has 1 aliphatic carbocycles. The minimum Gasteiger partial charge on any atom is -0.459 e. The van der Waals surface area contributed by atoms with E-state index >= 15 is 0 Å². The van der Waals surface area contributed by atoms with Crippen molar-refractivity contribution in [1.29, 1.82) is 0 Å². The van der Waals surface area contributed by atoms with Gasteiger partial charge in [0.2, 0.25) is 5.95 Å². The van der Waals surface area contributed by atoms with Gasteiger partial charge in [-0.3, -0.25) is 9.78 Å². The molecule has 2 atom stereocenters. The number of aliphatic hydroxyl groups excluding tert-OH is 1. The lowest BCUT2D eigenvalue weighted by molar-refractivity contribution is -0.152. The highest BCUT2D eigenvalue weighted by Gasteiger charge is 2.27. The molecule has 1 aliphatic rings. The lowest BCUT2D eigenvalue weighted by Crippen LogP contribution is -2.28. The first-order chi connectivity index (χ1) is 16.1. The smallest absolute Gasteiger partial charge is 0.325 e. The number of aryl methyl sites for hydroxylation is 2. The number of ether oxygens (including phenoxy) is 1. The second-order valence-electron chi connectivity index (χ2n) is 9.76. The molecule has 9 nitrogen and oxygen atoms in total. The van der Waals surface area contributed by atoms with Crippen LogP contribution in [0.5, 0.6) is 0 Å². The third kappa shape index (κ3) is 5.61. The monoisotopic (exact) mass is 484 g/mol. The Morgan fingerprint density at radius 1 is 1.21 bits per heavy atom. The van der Waals surface area contributed by atoms with Crippen LogP contribution < -0.4 is 10.6 Å². The molecule has 1 saturated carbocycles. The van der Waals surface area contributed by atoms with Gasteiger partial charge in [0.25, 0.3) is 0 Å². The Balaban J connectivity index is 1.66. The Hall–Kier alpha value is -2.85. The van der Waals surface area contributed by atoms with E-state index in [2.05, 4.69) is 20.6 Å².